The number of nitrogens with one attached hydrogen (secondary N) is 1. The lowest BCUT2D eigenvalue weighted by atomic mass is 9.68. The summed E-state index contributed by atoms with van der Waals surface area (Å²) in [6, 6.07) is 0. The first-order valence-electron chi connectivity index (χ1n) is 14.1. The van der Waals surface area contributed by atoms with E-state index < -0.39 is 42.9 Å². The molecule has 1 saturated heterocycles. The highest BCUT2D eigenvalue weighted by Crippen LogP contribution is 2.55. The highest BCUT2D eigenvalue weighted by molar-refractivity contribution is 5.72. The van der Waals surface area contributed by atoms with Crippen molar-refractivity contribution in [3.05, 3.63) is 22.8 Å². The zero-order chi connectivity index (χ0) is 27.9. The summed E-state index contributed by atoms with van der Waals surface area (Å²) in [5.74, 6) is 0.334. The Morgan fingerprint density at radius 3 is 2.50 bits per heavy atom. The van der Waals surface area contributed by atoms with Gasteiger partial charge >= 0.3 is 0 Å². The van der Waals surface area contributed by atoms with Crippen LogP contribution >= 0.6 is 0 Å². The first kappa shape index (κ1) is 29.6. The number of aliphatic hydroxyl groups excluding tert-OH is 4. The van der Waals surface area contributed by atoms with Gasteiger partial charge in [-0.25, -0.2) is 0 Å². The first-order valence-corrected chi connectivity index (χ1v) is 14.1. The lowest BCUT2D eigenvalue weighted by Crippen LogP contribution is -2.62. The first-order chi connectivity index (χ1) is 17.9. The monoisotopic (exact) mass is 537 g/mol. The third kappa shape index (κ3) is 5.48. The summed E-state index contributed by atoms with van der Waals surface area (Å²) in [4.78, 5) is 11.5. The van der Waals surface area contributed by atoms with Crippen molar-refractivity contribution in [2.24, 2.45) is 29.1 Å². The van der Waals surface area contributed by atoms with Gasteiger partial charge in [0, 0.05) is 31.9 Å². The molecule has 0 aromatic carbocycles. The van der Waals surface area contributed by atoms with Gasteiger partial charge in [0.05, 0.1) is 12.7 Å². The fraction of sp³-hybridized carbons (Fsp3) is 0.828. The molecule has 0 aromatic rings. The van der Waals surface area contributed by atoms with Crippen LogP contribution in [0.2, 0.25) is 0 Å². The van der Waals surface area contributed by atoms with E-state index in [0.717, 1.165) is 31.3 Å². The van der Waals surface area contributed by atoms with Crippen molar-refractivity contribution >= 4 is 5.91 Å². The number of aliphatic hydroxyl groups is 4. The summed E-state index contributed by atoms with van der Waals surface area (Å²) < 4.78 is 18.0. The number of hydrogen-bond donors (Lipinski definition) is 5. The Balaban J connectivity index is 1.73. The number of hydrogen-bond acceptors (Lipinski definition) is 8. The van der Waals surface area contributed by atoms with E-state index in [1.807, 2.05) is 0 Å². The predicted molar refractivity (Wildman–Crippen MR) is 141 cm³/mol. The van der Waals surface area contributed by atoms with E-state index in [0.29, 0.717) is 12.5 Å². The fourth-order valence-electron chi connectivity index (χ4n) is 7.26. The Morgan fingerprint density at radius 2 is 1.87 bits per heavy atom. The van der Waals surface area contributed by atoms with Crippen molar-refractivity contribution in [1.29, 1.82) is 0 Å². The second-order valence-electron chi connectivity index (χ2n) is 12.3. The number of rotatable bonds is 7. The van der Waals surface area contributed by atoms with Crippen LogP contribution in [0, 0.1) is 29.1 Å². The van der Waals surface area contributed by atoms with Gasteiger partial charge in [-0.15, -0.1) is 0 Å². The molecule has 0 radical (unpaired) electrons. The molecule has 0 aromatic heterocycles. The van der Waals surface area contributed by atoms with Gasteiger partial charge in [0.2, 0.25) is 5.91 Å². The molecule has 3 aliphatic carbocycles. The lowest BCUT2D eigenvalue weighted by molar-refractivity contribution is -0.310. The van der Waals surface area contributed by atoms with Gasteiger partial charge in [-0.1, -0.05) is 44.9 Å². The molecule has 1 saturated carbocycles. The molecule has 4 rings (SSSR count). The van der Waals surface area contributed by atoms with Crippen LogP contribution in [-0.4, -0.2) is 89.5 Å². The summed E-state index contributed by atoms with van der Waals surface area (Å²) >= 11 is 0. The number of carbonyl (C=O) groups is 1. The highest BCUT2D eigenvalue weighted by atomic mass is 16.7. The van der Waals surface area contributed by atoms with Gasteiger partial charge < -0.3 is 40.0 Å². The average Bonchev–Trinajstić information content (AvgIpc) is 3.40. The molecule has 38 heavy (non-hydrogen) atoms. The van der Waals surface area contributed by atoms with E-state index in [9.17, 15) is 25.2 Å². The van der Waals surface area contributed by atoms with Gasteiger partial charge in [-0.2, -0.15) is 0 Å². The predicted octanol–water partition coefficient (Wildman–Crippen LogP) is 1.68. The van der Waals surface area contributed by atoms with Crippen LogP contribution in [0.25, 0.3) is 0 Å². The van der Waals surface area contributed by atoms with Crippen molar-refractivity contribution in [1.82, 2.24) is 5.32 Å². The van der Waals surface area contributed by atoms with E-state index >= 15 is 0 Å². The van der Waals surface area contributed by atoms with Gasteiger partial charge in [0.1, 0.15) is 30.5 Å². The zero-order valence-corrected chi connectivity index (χ0v) is 23.6. The fourth-order valence-corrected chi connectivity index (χ4v) is 7.26. The number of ether oxygens (including phenoxy) is 3. The molecule has 1 amide bonds. The van der Waals surface area contributed by atoms with Crippen LogP contribution in [-0.2, 0) is 19.0 Å². The molecule has 5 N–H and O–H groups in total. The second kappa shape index (κ2) is 11.6. The minimum Gasteiger partial charge on any atom is -0.390 e. The Bertz CT molecular complexity index is 934. The maximum atomic E-state index is 11.9. The smallest absolute Gasteiger partial charge is 0.216 e. The number of fused-ring (bicyclic) bond motifs is 2. The Kier molecular flexibility index (Phi) is 9.09. The van der Waals surface area contributed by atoms with E-state index in [4.69, 9.17) is 14.2 Å². The van der Waals surface area contributed by atoms with E-state index in [1.165, 1.54) is 18.1 Å². The topological polar surface area (TPSA) is 138 Å². The Morgan fingerprint density at radius 1 is 1.16 bits per heavy atom. The molecule has 0 bridgehead atoms. The molecule has 2 fully saturated rings. The van der Waals surface area contributed by atoms with Crippen LogP contribution in [0.4, 0.5) is 0 Å². The summed E-state index contributed by atoms with van der Waals surface area (Å²) in [5, 5.41) is 46.5. The van der Waals surface area contributed by atoms with E-state index in [1.54, 1.807) is 7.11 Å². The molecular weight excluding hydrogens is 490 g/mol. The van der Waals surface area contributed by atoms with Gasteiger partial charge in [0.25, 0.3) is 0 Å². The highest BCUT2D eigenvalue weighted by Gasteiger charge is 2.52. The SMILES string of the molecule is COC[C@H]1CC[C@@H]2/C1=C\C1(C)CCC(C(C)C)=C1[C@@H](OC1OC(CNC(C)=O)C(O)C(O)C1O)C(O)C2C. The normalized spacial score (nSPS) is 44.8. The number of amides is 1. The summed E-state index contributed by atoms with van der Waals surface area (Å²) in [6.45, 7) is 10.5. The lowest BCUT2D eigenvalue weighted by Gasteiger charge is -2.46. The zero-order valence-electron chi connectivity index (χ0n) is 23.6. The van der Waals surface area contributed by atoms with Crippen molar-refractivity contribution in [2.45, 2.75) is 103 Å². The molecular formula is C29H47NO8. The van der Waals surface area contributed by atoms with Crippen molar-refractivity contribution in [3.63, 3.8) is 0 Å². The maximum absolute atomic E-state index is 11.9. The minimum absolute atomic E-state index is 0.0452. The number of carbonyl (C=O) groups excluding carboxylic acids is 1. The average molecular weight is 538 g/mol. The van der Waals surface area contributed by atoms with Crippen LogP contribution in [0.1, 0.15) is 60.3 Å². The number of methoxy groups -OCH3 is 1. The van der Waals surface area contributed by atoms with Crippen LogP contribution < -0.4 is 5.32 Å². The van der Waals surface area contributed by atoms with Gasteiger partial charge in [-0.3, -0.25) is 4.79 Å². The quantitative estimate of drug-likeness (QED) is 0.309. The van der Waals surface area contributed by atoms with Crippen LogP contribution in [0.15, 0.2) is 22.8 Å². The Hall–Kier alpha value is -1.33. The van der Waals surface area contributed by atoms with Crippen molar-refractivity contribution in [3.8, 4) is 0 Å². The van der Waals surface area contributed by atoms with Gasteiger partial charge in [0.15, 0.2) is 6.29 Å². The summed E-state index contributed by atoms with van der Waals surface area (Å²) in [6.07, 6.45) is -2.20. The van der Waals surface area contributed by atoms with Crippen LogP contribution in [0.3, 0.4) is 0 Å². The molecule has 1 heterocycles. The summed E-state index contributed by atoms with van der Waals surface area (Å²) in [5.41, 5.74) is 3.28. The van der Waals surface area contributed by atoms with Crippen molar-refractivity contribution in [2.75, 3.05) is 20.3 Å². The molecule has 216 valence electrons. The third-order valence-electron chi connectivity index (χ3n) is 9.42. The second-order valence-corrected chi connectivity index (χ2v) is 12.3. The molecule has 1 aliphatic heterocycles. The maximum Gasteiger partial charge on any atom is 0.216 e. The molecule has 9 nitrogen and oxygen atoms in total. The molecule has 4 aliphatic rings. The molecule has 11 atom stereocenters. The van der Waals surface area contributed by atoms with Crippen molar-refractivity contribution < 1.29 is 39.4 Å². The molecule has 0 spiro atoms. The van der Waals surface area contributed by atoms with E-state index in [-0.39, 0.29) is 35.6 Å². The molecule has 9 heteroatoms. The number of allylic oxidation sites excluding steroid dienone is 2. The Labute approximate surface area is 226 Å². The van der Waals surface area contributed by atoms with E-state index in [2.05, 4.69) is 39.1 Å². The van der Waals surface area contributed by atoms with Gasteiger partial charge in [-0.05, 0) is 49.0 Å². The standard InChI is InChI=1S/C29H47NO8/c1-14(2)18-9-10-29(5)11-20-17(13-36-6)7-8-19(20)15(3)23(32)27(22(18)29)38-28-26(35)25(34)24(33)21(37-28)12-30-16(4)31/h11,14-15,17,19,21,23-28,32-35H,7-10,12-13H2,1-6H3,(H,30,31)/b20-11-/t15?,17-,19+,21?,23?,24?,25?,26?,27-,28?,29?/m1/s1. The largest absolute Gasteiger partial charge is 0.390 e. The van der Waals surface area contributed by atoms with Crippen LogP contribution in [0.5, 0.6) is 0 Å². The minimum atomic E-state index is -1.53. The third-order valence-corrected chi connectivity index (χ3v) is 9.42. The summed E-state index contributed by atoms with van der Waals surface area (Å²) in [7, 11) is 1.73. The molecule has 8 unspecified atom stereocenters.